The fourth-order valence-electron chi connectivity index (χ4n) is 1.88. The average Bonchev–Trinajstić information content (AvgIpc) is 2.83. The highest BCUT2D eigenvalue weighted by Gasteiger charge is 2.14. The minimum absolute atomic E-state index is 0.847. The third-order valence-corrected chi connectivity index (χ3v) is 3.69. The Morgan fingerprint density at radius 3 is 2.76 bits per heavy atom. The summed E-state index contributed by atoms with van der Waals surface area (Å²) in [6.07, 6.45) is 0. The van der Waals surface area contributed by atoms with Crippen molar-refractivity contribution < 1.29 is 0 Å². The van der Waals surface area contributed by atoms with Crippen LogP contribution < -0.4 is 5.32 Å². The van der Waals surface area contributed by atoms with Gasteiger partial charge in [-0.25, -0.2) is 4.98 Å². The molecule has 92 valence electrons. The molecule has 0 radical (unpaired) electrons. The van der Waals surface area contributed by atoms with E-state index < -0.39 is 0 Å². The summed E-state index contributed by atoms with van der Waals surface area (Å²) >= 11 is 1.70. The molecule has 0 aliphatic carbocycles. The van der Waals surface area contributed by atoms with Gasteiger partial charge in [0, 0.05) is 30.2 Å². The van der Waals surface area contributed by atoms with Gasteiger partial charge in [0.15, 0.2) is 0 Å². The summed E-state index contributed by atoms with van der Waals surface area (Å²) in [4.78, 5) is 4.66. The first-order valence-electron chi connectivity index (χ1n) is 5.79. The Labute approximate surface area is 106 Å². The quantitative estimate of drug-likeness (QED) is 0.905. The van der Waals surface area contributed by atoms with E-state index in [1.54, 1.807) is 11.3 Å². The molecule has 1 N–H and O–H groups in total. The monoisotopic (exact) mass is 250 g/mol. The van der Waals surface area contributed by atoms with Gasteiger partial charge in [-0.3, -0.25) is 4.68 Å². The topological polar surface area (TPSA) is 42.7 Å². The number of nitrogens with one attached hydrogen (secondary N) is 1. The van der Waals surface area contributed by atoms with Gasteiger partial charge >= 0.3 is 0 Å². The Morgan fingerprint density at radius 2 is 2.18 bits per heavy atom. The zero-order chi connectivity index (χ0) is 12.4. The van der Waals surface area contributed by atoms with Crippen LogP contribution in [-0.2, 0) is 13.6 Å². The maximum absolute atomic E-state index is 4.66. The van der Waals surface area contributed by atoms with Crippen LogP contribution in [0, 0.1) is 13.8 Å². The SMILES string of the molecule is CCNCc1nc(-c2c(C)nn(C)c2C)cs1. The normalized spacial score (nSPS) is 11.1. The Morgan fingerprint density at radius 1 is 1.41 bits per heavy atom. The molecule has 5 heteroatoms. The van der Waals surface area contributed by atoms with Crippen LogP contribution in [0.5, 0.6) is 0 Å². The van der Waals surface area contributed by atoms with E-state index >= 15 is 0 Å². The predicted octanol–water partition coefficient (Wildman–Crippen LogP) is 2.27. The van der Waals surface area contributed by atoms with Gasteiger partial charge in [-0.2, -0.15) is 5.10 Å². The molecule has 0 aromatic carbocycles. The van der Waals surface area contributed by atoms with Crippen LogP contribution in [0.3, 0.4) is 0 Å². The lowest BCUT2D eigenvalue weighted by atomic mass is 10.1. The molecule has 0 saturated heterocycles. The van der Waals surface area contributed by atoms with Crippen molar-refractivity contribution in [3.63, 3.8) is 0 Å². The highest BCUT2D eigenvalue weighted by molar-refractivity contribution is 7.09. The van der Waals surface area contributed by atoms with Gasteiger partial charge < -0.3 is 5.32 Å². The molecule has 0 saturated carbocycles. The van der Waals surface area contributed by atoms with Crippen molar-refractivity contribution in [3.05, 3.63) is 21.8 Å². The summed E-state index contributed by atoms with van der Waals surface area (Å²) in [6, 6.07) is 0. The second-order valence-corrected chi connectivity index (χ2v) is 5.02. The summed E-state index contributed by atoms with van der Waals surface area (Å²) in [5.41, 5.74) is 4.44. The predicted molar refractivity (Wildman–Crippen MR) is 71.2 cm³/mol. The molecule has 2 rings (SSSR count). The number of thiazole rings is 1. The van der Waals surface area contributed by atoms with E-state index in [0.29, 0.717) is 0 Å². The zero-order valence-corrected chi connectivity index (χ0v) is 11.6. The van der Waals surface area contributed by atoms with Crippen molar-refractivity contribution in [1.29, 1.82) is 0 Å². The van der Waals surface area contributed by atoms with Gasteiger partial charge in [0.1, 0.15) is 5.01 Å². The first kappa shape index (κ1) is 12.3. The molecule has 0 aliphatic rings. The molecule has 2 heterocycles. The van der Waals surface area contributed by atoms with Crippen molar-refractivity contribution in [1.82, 2.24) is 20.1 Å². The molecule has 4 nitrogen and oxygen atoms in total. The van der Waals surface area contributed by atoms with Crippen LogP contribution in [0.25, 0.3) is 11.3 Å². The van der Waals surface area contributed by atoms with Gasteiger partial charge in [0.25, 0.3) is 0 Å². The highest BCUT2D eigenvalue weighted by Crippen LogP contribution is 2.27. The fourth-order valence-corrected chi connectivity index (χ4v) is 2.64. The van der Waals surface area contributed by atoms with Gasteiger partial charge in [-0.1, -0.05) is 6.92 Å². The Bertz CT molecular complexity index is 513. The largest absolute Gasteiger partial charge is 0.311 e. The maximum Gasteiger partial charge on any atom is 0.107 e. The Hall–Kier alpha value is -1.20. The van der Waals surface area contributed by atoms with Crippen LogP contribution >= 0.6 is 11.3 Å². The number of nitrogens with zero attached hydrogens (tertiary/aromatic N) is 3. The summed E-state index contributed by atoms with van der Waals surface area (Å²) < 4.78 is 1.91. The number of hydrogen-bond acceptors (Lipinski definition) is 4. The van der Waals surface area contributed by atoms with Gasteiger partial charge in [-0.15, -0.1) is 11.3 Å². The van der Waals surface area contributed by atoms with Gasteiger partial charge in [0.2, 0.25) is 0 Å². The average molecular weight is 250 g/mol. The van der Waals surface area contributed by atoms with Gasteiger partial charge in [0.05, 0.1) is 11.4 Å². The summed E-state index contributed by atoms with van der Waals surface area (Å²) in [7, 11) is 1.97. The molecule has 0 atom stereocenters. The summed E-state index contributed by atoms with van der Waals surface area (Å²) in [5.74, 6) is 0. The molecule has 17 heavy (non-hydrogen) atoms. The molecule has 0 spiro atoms. The highest BCUT2D eigenvalue weighted by atomic mass is 32.1. The van der Waals surface area contributed by atoms with Crippen LogP contribution in [0.1, 0.15) is 23.3 Å². The molecule has 0 unspecified atom stereocenters. The van der Waals surface area contributed by atoms with Crippen molar-refractivity contribution >= 4 is 11.3 Å². The fraction of sp³-hybridized carbons (Fsp3) is 0.500. The number of hydrogen-bond donors (Lipinski definition) is 1. The zero-order valence-electron chi connectivity index (χ0n) is 10.7. The molecular formula is C12H18N4S. The van der Waals surface area contributed by atoms with Crippen LogP contribution in [0.15, 0.2) is 5.38 Å². The van der Waals surface area contributed by atoms with Crippen molar-refractivity contribution in [3.8, 4) is 11.3 Å². The molecular weight excluding hydrogens is 232 g/mol. The lowest BCUT2D eigenvalue weighted by molar-refractivity contribution is 0.723. The molecule has 2 aromatic rings. The third kappa shape index (κ3) is 2.40. The van der Waals surface area contributed by atoms with Gasteiger partial charge in [-0.05, 0) is 20.4 Å². The second kappa shape index (κ2) is 4.98. The summed E-state index contributed by atoms with van der Waals surface area (Å²) in [6.45, 7) is 8.04. The number of aryl methyl sites for hydroxylation is 2. The lowest BCUT2D eigenvalue weighted by Gasteiger charge is -1.98. The Balaban J connectivity index is 2.30. The van der Waals surface area contributed by atoms with Crippen LogP contribution in [0.4, 0.5) is 0 Å². The molecule has 0 aliphatic heterocycles. The van der Waals surface area contributed by atoms with E-state index in [-0.39, 0.29) is 0 Å². The first-order valence-corrected chi connectivity index (χ1v) is 6.67. The van der Waals surface area contributed by atoms with Crippen LogP contribution in [-0.4, -0.2) is 21.3 Å². The van der Waals surface area contributed by atoms with Crippen LogP contribution in [0.2, 0.25) is 0 Å². The van der Waals surface area contributed by atoms with Crippen molar-refractivity contribution in [2.75, 3.05) is 6.54 Å². The minimum atomic E-state index is 0.847. The molecule has 0 amide bonds. The standard InChI is InChI=1S/C12H18N4S/c1-5-13-6-11-14-10(7-17-11)12-8(2)15-16(4)9(12)3/h7,13H,5-6H2,1-4H3. The summed E-state index contributed by atoms with van der Waals surface area (Å²) in [5, 5.41) is 11.0. The van der Waals surface area contributed by atoms with Crippen molar-refractivity contribution in [2.45, 2.75) is 27.3 Å². The van der Waals surface area contributed by atoms with E-state index in [2.05, 4.69) is 34.6 Å². The van der Waals surface area contributed by atoms with E-state index in [0.717, 1.165) is 29.5 Å². The van der Waals surface area contributed by atoms with E-state index in [4.69, 9.17) is 0 Å². The minimum Gasteiger partial charge on any atom is -0.311 e. The molecule has 0 fully saturated rings. The third-order valence-electron chi connectivity index (χ3n) is 2.84. The van der Waals surface area contributed by atoms with E-state index in [1.165, 1.54) is 11.3 Å². The maximum atomic E-state index is 4.66. The first-order chi connectivity index (χ1) is 8.13. The van der Waals surface area contributed by atoms with E-state index in [9.17, 15) is 0 Å². The van der Waals surface area contributed by atoms with E-state index in [1.807, 2.05) is 18.7 Å². The molecule has 2 aromatic heterocycles. The Kier molecular flexibility index (Phi) is 3.59. The van der Waals surface area contributed by atoms with Crippen molar-refractivity contribution in [2.24, 2.45) is 7.05 Å². The number of rotatable bonds is 4. The number of aromatic nitrogens is 3. The molecule has 0 bridgehead atoms. The smallest absolute Gasteiger partial charge is 0.107 e. The second-order valence-electron chi connectivity index (χ2n) is 4.08. The lowest BCUT2D eigenvalue weighted by Crippen LogP contribution is -2.11.